The van der Waals surface area contributed by atoms with Gasteiger partial charge in [-0.25, -0.2) is 4.39 Å². The van der Waals surface area contributed by atoms with Gasteiger partial charge in [0.15, 0.2) is 11.0 Å². The molecule has 2 atom stereocenters. The zero-order valence-electron chi connectivity index (χ0n) is 15.8. The first-order valence-corrected chi connectivity index (χ1v) is 10.7. The monoisotopic (exact) mass is 388 g/mol. The number of carbonyl (C=O) groups excluding carboxylic acids is 1. The Morgan fingerprint density at radius 1 is 1.15 bits per heavy atom. The van der Waals surface area contributed by atoms with Crippen molar-refractivity contribution in [3.8, 4) is 11.4 Å². The Morgan fingerprint density at radius 2 is 1.85 bits per heavy atom. The van der Waals surface area contributed by atoms with Gasteiger partial charge in [-0.2, -0.15) is 0 Å². The molecule has 1 aliphatic carbocycles. The van der Waals surface area contributed by atoms with Crippen LogP contribution in [0.5, 0.6) is 0 Å². The number of aromatic nitrogens is 3. The summed E-state index contributed by atoms with van der Waals surface area (Å²) in [5, 5.41) is 9.25. The van der Waals surface area contributed by atoms with Crippen LogP contribution in [-0.4, -0.2) is 43.4 Å². The average molecular weight is 389 g/mol. The Labute approximate surface area is 163 Å². The van der Waals surface area contributed by atoms with E-state index >= 15 is 0 Å². The molecule has 144 valence electrons. The third kappa shape index (κ3) is 3.74. The van der Waals surface area contributed by atoms with Crippen LogP contribution < -0.4 is 0 Å². The highest BCUT2D eigenvalue weighted by Gasteiger charge is 2.32. The molecule has 2 aromatic rings. The molecule has 0 bridgehead atoms. The normalized spacial score (nSPS) is 22.9. The van der Waals surface area contributed by atoms with Crippen molar-refractivity contribution in [2.24, 2.45) is 0 Å². The van der Waals surface area contributed by atoms with E-state index in [-0.39, 0.29) is 23.8 Å². The van der Waals surface area contributed by atoms with E-state index in [0.717, 1.165) is 25.7 Å². The van der Waals surface area contributed by atoms with Crippen LogP contribution in [0.1, 0.15) is 52.0 Å². The van der Waals surface area contributed by atoms with Crippen LogP contribution in [-0.2, 0) is 4.79 Å². The van der Waals surface area contributed by atoms with Crippen LogP contribution in [0.2, 0.25) is 0 Å². The fraction of sp³-hybridized carbons (Fsp3) is 0.550. The molecule has 0 N–H and O–H groups in total. The number of nitrogens with zero attached hydrogens (tertiary/aromatic N) is 4. The minimum Gasteiger partial charge on any atom is -0.337 e. The van der Waals surface area contributed by atoms with E-state index in [2.05, 4.69) is 24.0 Å². The van der Waals surface area contributed by atoms with Gasteiger partial charge >= 0.3 is 0 Å². The van der Waals surface area contributed by atoms with Gasteiger partial charge in [-0.3, -0.25) is 9.36 Å². The van der Waals surface area contributed by atoms with Gasteiger partial charge in [-0.1, -0.05) is 23.9 Å². The minimum absolute atomic E-state index is 0.150. The summed E-state index contributed by atoms with van der Waals surface area (Å²) >= 11 is 1.42. The van der Waals surface area contributed by atoms with Gasteiger partial charge in [0, 0.05) is 18.1 Å². The molecule has 1 aromatic heterocycles. The zero-order chi connectivity index (χ0) is 19.0. The Hall–Kier alpha value is -1.89. The van der Waals surface area contributed by atoms with Crippen molar-refractivity contribution < 1.29 is 9.18 Å². The number of rotatable bonds is 5. The third-order valence-electron chi connectivity index (χ3n) is 5.50. The standard InChI is InChI=1S/C20H25FN4OS/c1-13-6-5-7-14(2)24(13)18(26)12-27-20-23-22-19(25(20)15-10-11-15)16-8-3-4-9-17(16)21/h3-4,8-9,13-15H,5-7,10-12H2,1-2H3. The molecule has 27 heavy (non-hydrogen) atoms. The topological polar surface area (TPSA) is 51.0 Å². The van der Waals surface area contributed by atoms with Gasteiger partial charge in [0.25, 0.3) is 0 Å². The van der Waals surface area contributed by atoms with E-state index in [1.165, 1.54) is 24.2 Å². The van der Waals surface area contributed by atoms with Crippen molar-refractivity contribution in [3.63, 3.8) is 0 Å². The Bertz CT molecular complexity index is 825. The average Bonchev–Trinajstić information content (AvgIpc) is 3.40. The fourth-order valence-electron chi connectivity index (χ4n) is 3.98. The number of halogens is 1. The molecule has 0 spiro atoms. The molecule has 1 amide bonds. The zero-order valence-corrected chi connectivity index (χ0v) is 16.6. The van der Waals surface area contributed by atoms with Gasteiger partial charge in [0.05, 0.1) is 11.3 Å². The molecule has 2 unspecified atom stereocenters. The lowest BCUT2D eigenvalue weighted by molar-refractivity contribution is -0.134. The second-order valence-electron chi connectivity index (χ2n) is 7.61. The quantitative estimate of drug-likeness (QED) is 0.717. The molecule has 1 saturated heterocycles. The van der Waals surface area contributed by atoms with E-state index in [0.29, 0.717) is 28.3 Å². The maximum atomic E-state index is 14.2. The summed E-state index contributed by atoms with van der Waals surface area (Å²) in [4.78, 5) is 14.8. The summed E-state index contributed by atoms with van der Waals surface area (Å²) in [6.45, 7) is 4.25. The number of amides is 1. The van der Waals surface area contributed by atoms with Gasteiger partial charge < -0.3 is 4.90 Å². The molecule has 4 rings (SSSR count). The van der Waals surface area contributed by atoms with Crippen molar-refractivity contribution in [1.29, 1.82) is 0 Å². The molecule has 1 aromatic carbocycles. The summed E-state index contributed by atoms with van der Waals surface area (Å²) in [6.07, 6.45) is 5.40. The lowest BCUT2D eigenvalue weighted by atomic mass is 9.98. The second kappa shape index (κ2) is 7.62. The van der Waals surface area contributed by atoms with Crippen LogP contribution in [0.25, 0.3) is 11.4 Å². The van der Waals surface area contributed by atoms with Crippen molar-refractivity contribution in [3.05, 3.63) is 30.1 Å². The Balaban J connectivity index is 1.53. The summed E-state index contributed by atoms with van der Waals surface area (Å²) in [7, 11) is 0. The van der Waals surface area contributed by atoms with E-state index in [9.17, 15) is 9.18 Å². The number of hydrogen-bond acceptors (Lipinski definition) is 4. The molecule has 1 aliphatic heterocycles. The predicted octanol–water partition coefficient (Wildman–Crippen LogP) is 4.30. The minimum atomic E-state index is -0.296. The maximum absolute atomic E-state index is 14.2. The highest BCUT2D eigenvalue weighted by Crippen LogP contribution is 2.41. The third-order valence-corrected chi connectivity index (χ3v) is 6.43. The summed E-state index contributed by atoms with van der Waals surface area (Å²) < 4.78 is 16.3. The molecule has 0 radical (unpaired) electrons. The number of hydrogen-bond donors (Lipinski definition) is 0. The lowest BCUT2D eigenvalue weighted by Crippen LogP contribution is -2.48. The van der Waals surface area contributed by atoms with Crippen molar-refractivity contribution >= 4 is 17.7 Å². The lowest BCUT2D eigenvalue weighted by Gasteiger charge is -2.39. The molecule has 5 nitrogen and oxygen atoms in total. The summed E-state index contributed by atoms with van der Waals surface area (Å²) in [6, 6.07) is 7.53. The number of benzene rings is 1. The largest absolute Gasteiger partial charge is 0.337 e. The highest BCUT2D eigenvalue weighted by molar-refractivity contribution is 7.99. The summed E-state index contributed by atoms with van der Waals surface area (Å²) in [5.41, 5.74) is 0.466. The smallest absolute Gasteiger partial charge is 0.233 e. The van der Waals surface area contributed by atoms with Gasteiger partial charge in [-0.05, 0) is 58.1 Å². The second-order valence-corrected chi connectivity index (χ2v) is 8.55. The van der Waals surface area contributed by atoms with E-state index < -0.39 is 0 Å². The molecule has 2 aliphatic rings. The number of carbonyl (C=O) groups is 1. The Morgan fingerprint density at radius 3 is 2.52 bits per heavy atom. The molecular formula is C20H25FN4OS. The van der Waals surface area contributed by atoms with Crippen LogP contribution >= 0.6 is 11.8 Å². The van der Waals surface area contributed by atoms with Crippen molar-refractivity contribution in [2.45, 2.75) is 69.2 Å². The number of thioether (sulfide) groups is 1. The van der Waals surface area contributed by atoms with Crippen molar-refractivity contribution in [2.75, 3.05) is 5.75 Å². The van der Waals surface area contributed by atoms with E-state index in [1.807, 2.05) is 9.47 Å². The van der Waals surface area contributed by atoms with Gasteiger partial charge in [-0.15, -0.1) is 10.2 Å². The number of likely N-dealkylation sites (tertiary alicyclic amines) is 1. The molecule has 7 heteroatoms. The fourth-order valence-corrected chi connectivity index (χ4v) is 4.85. The molecular weight excluding hydrogens is 363 g/mol. The SMILES string of the molecule is CC1CCCC(C)N1C(=O)CSc1nnc(-c2ccccc2F)n1C1CC1. The van der Waals surface area contributed by atoms with E-state index in [4.69, 9.17) is 0 Å². The highest BCUT2D eigenvalue weighted by atomic mass is 32.2. The van der Waals surface area contributed by atoms with Crippen molar-refractivity contribution in [1.82, 2.24) is 19.7 Å². The van der Waals surface area contributed by atoms with E-state index in [1.54, 1.807) is 18.2 Å². The van der Waals surface area contributed by atoms with Crippen LogP contribution in [0.3, 0.4) is 0 Å². The summed E-state index contributed by atoms with van der Waals surface area (Å²) in [5.74, 6) is 0.759. The van der Waals surface area contributed by atoms with Crippen LogP contribution in [0.4, 0.5) is 4.39 Å². The molecule has 1 saturated carbocycles. The predicted molar refractivity (Wildman–Crippen MR) is 104 cm³/mol. The first-order valence-electron chi connectivity index (χ1n) is 9.70. The van der Waals surface area contributed by atoms with Crippen LogP contribution in [0.15, 0.2) is 29.4 Å². The first kappa shape index (κ1) is 18.5. The number of piperidine rings is 1. The maximum Gasteiger partial charge on any atom is 0.233 e. The van der Waals surface area contributed by atoms with Crippen LogP contribution in [0, 0.1) is 5.82 Å². The first-order chi connectivity index (χ1) is 13.1. The molecule has 2 heterocycles. The molecule has 2 fully saturated rings. The van der Waals surface area contributed by atoms with Gasteiger partial charge in [0.1, 0.15) is 5.82 Å². The Kier molecular flexibility index (Phi) is 5.21. The van der Waals surface area contributed by atoms with Gasteiger partial charge in [0.2, 0.25) is 5.91 Å².